The Hall–Kier alpha value is -1.22. The number of carbonyl (C=O) groups excluding carboxylic acids is 1. The Bertz CT molecular complexity index is 336. The number of rotatable bonds is 3. The third kappa shape index (κ3) is 2.92. The second-order valence-electron chi connectivity index (χ2n) is 2.77. The van der Waals surface area contributed by atoms with E-state index in [1.165, 1.54) is 7.11 Å². The fourth-order valence-electron chi connectivity index (χ4n) is 0.925. The number of carbonyl (C=O) groups is 1. The second-order valence-corrected chi connectivity index (χ2v) is 3.21. The van der Waals surface area contributed by atoms with E-state index in [0.29, 0.717) is 10.8 Å². The molecular weight excluding hydrogens is 204 g/mol. The number of esters is 1. The summed E-state index contributed by atoms with van der Waals surface area (Å²) in [5.41, 5.74) is 0.929. The highest BCUT2D eigenvalue weighted by Gasteiger charge is 2.04. The van der Waals surface area contributed by atoms with Crippen molar-refractivity contribution in [2.45, 2.75) is 6.92 Å². The average Bonchev–Trinajstić information content (AvgIpc) is 2.19. The van der Waals surface area contributed by atoms with Crippen molar-refractivity contribution in [3.8, 4) is 5.75 Å². The van der Waals surface area contributed by atoms with Crippen molar-refractivity contribution >= 4 is 17.6 Å². The van der Waals surface area contributed by atoms with Crippen molar-refractivity contribution in [3.63, 3.8) is 0 Å². The van der Waals surface area contributed by atoms with Crippen LogP contribution in [0.5, 0.6) is 5.75 Å². The molecule has 0 saturated carbocycles. The van der Waals surface area contributed by atoms with E-state index < -0.39 is 5.97 Å². The monoisotopic (exact) mass is 214 g/mol. The lowest BCUT2D eigenvalue weighted by Crippen LogP contribution is -2.12. The molecule has 0 heterocycles. The molecule has 0 spiro atoms. The average molecular weight is 215 g/mol. The van der Waals surface area contributed by atoms with E-state index in [1.54, 1.807) is 12.1 Å². The molecule has 0 fully saturated rings. The summed E-state index contributed by atoms with van der Waals surface area (Å²) in [6.07, 6.45) is 0. The fourth-order valence-corrected chi connectivity index (χ4v) is 1.09. The molecule has 1 rings (SSSR count). The molecule has 3 nitrogen and oxygen atoms in total. The molecule has 4 heteroatoms. The predicted octanol–water partition coefficient (Wildman–Crippen LogP) is 2.20. The summed E-state index contributed by atoms with van der Waals surface area (Å²) in [6.45, 7) is 1.78. The first-order valence-corrected chi connectivity index (χ1v) is 4.47. The van der Waals surface area contributed by atoms with Crippen molar-refractivity contribution in [1.82, 2.24) is 0 Å². The molecule has 0 aliphatic rings. The third-order valence-corrected chi connectivity index (χ3v) is 1.96. The van der Waals surface area contributed by atoms with Crippen LogP contribution in [0.1, 0.15) is 5.56 Å². The predicted molar refractivity (Wildman–Crippen MR) is 53.7 cm³/mol. The van der Waals surface area contributed by atoms with Gasteiger partial charge in [-0.1, -0.05) is 17.7 Å². The molecule has 0 aliphatic carbocycles. The molecule has 0 atom stereocenters. The van der Waals surface area contributed by atoms with E-state index in [-0.39, 0.29) is 6.61 Å². The lowest BCUT2D eigenvalue weighted by molar-refractivity contribution is -0.142. The number of hydrogen-bond acceptors (Lipinski definition) is 3. The van der Waals surface area contributed by atoms with Gasteiger partial charge in [-0.25, -0.2) is 4.79 Å². The van der Waals surface area contributed by atoms with Gasteiger partial charge in [0.05, 0.1) is 7.11 Å². The molecule has 0 radical (unpaired) electrons. The smallest absolute Gasteiger partial charge is 0.343 e. The van der Waals surface area contributed by atoms with Gasteiger partial charge >= 0.3 is 5.97 Å². The Morgan fingerprint density at radius 2 is 2.21 bits per heavy atom. The van der Waals surface area contributed by atoms with Crippen LogP contribution in [0.4, 0.5) is 0 Å². The maximum absolute atomic E-state index is 10.8. The Labute approximate surface area is 87.6 Å². The number of methoxy groups -OCH3 is 1. The van der Waals surface area contributed by atoms with Crippen LogP contribution in [0.3, 0.4) is 0 Å². The van der Waals surface area contributed by atoms with Gasteiger partial charge in [0, 0.05) is 5.02 Å². The second kappa shape index (κ2) is 4.86. The van der Waals surface area contributed by atoms with Crippen molar-refractivity contribution in [2.24, 2.45) is 0 Å². The summed E-state index contributed by atoms with van der Waals surface area (Å²) in [6, 6.07) is 5.26. The lowest BCUT2D eigenvalue weighted by Gasteiger charge is -2.07. The van der Waals surface area contributed by atoms with E-state index in [4.69, 9.17) is 16.3 Å². The molecule has 1 aromatic carbocycles. The maximum Gasteiger partial charge on any atom is 0.343 e. The summed E-state index contributed by atoms with van der Waals surface area (Å²) >= 11 is 5.77. The van der Waals surface area contributed by atoms with Gasteiger partial charge in [-0.15, -0.1) is 0 Å². The topological polar surface area (TPSA) is 35.5 Å². The molecule has 0 N–H and O–H groups in total. The van der Waals surface area contributed by atoms with Crippen LogP contribution < -0.4 is 4.74 Å². The molecule has 0 aliphatic heterocycles. The maximum atomic E-state index is 10.8. The Balaban J connectivity index is 2.66. The van der Waals surface area contributed by atoms with Crippen molar-refractivity contribution < 1.29 is 14.3 Å². The molecular formula is C10H11ClO3. The van der Waals surface area contributed by atoms with Crippen LogP contribution in [-0.2, 0) is 9.53 Å². The lowest BCUT2D eigenvalue weighted by atomic mass is 10.2. The molecule has 0 aromatic heterocycles. The van der Waals surface area contributed by atoms with Crippen molar-refractivity contribution in [2.75, 3.05) is 13.7 Å². The van der Waals surface area contributed by atoms with Gasteiger partial charge in [0.1, 0.15) is 5.75 Å². The Morgan fingerprint density at radius 1 is 1.50 bits per heavy atom. The number of halogens is 1. The Morgan fingerprint density at radius 3 is 2.86 bits per heavy atom. The van der Waals surface area contributed by atoms with E-state index in [9.17, 15) is 4.79 Å². The van der Waals surface area contributed by atoms with Gasteiger partial charge in [0.2, 0.25) is 0 Å². The van der Waals surface area contributed by atoms with Gasteiger partial charge in [0.25, 0.3) is 0 Å². The van der Waals surface area contributed by atoms with E-state index >= 15 is 0 Å². The number of benzene rings is 1. The van der Waals surface area contributed by atoms with Gasteiger partial charge in [-0.05, 0) is 24.6 Å². The third-order valence-electron chi connectivity index (χ3n) is 1.72. The Kier molecular flexibility index (Phi) is 3.77. The van der Waals surface area contributed by atoms with Crippen LogP contribution in [0.2, 0.25) is 5.02 Å². The van der Waals surface area contributed by atoms with Crippen LogP contribution in [0.25, 0.3) is 0 Å². The van der Waals surface area contributed by atoms with Gasteiger partial charge in [-0.3, -0.25) is 0 Å². The highest BCUT2D eigenvalue weighted by molar-refractivity contribution is 6.30. The summed E-state index contributed by atoms with van der Waals surface area (Å²) in [7, 11) is 1.32. The molecule has 0 unspecified atom stereocenters. The number of aryl methyl sites for hydroxylation is 1. The first-order valence-electron chi connectivity index (χ1n) is 4.09. The SMILES string of the molecule is COC(=O)COc1cc(Cl)ccc1C. The van der Waals surface area contributed by atoms with E-state index in [0.717, 1.165) is 5.56 Å². The van der Waals surface area contributed by atoms with Gasteiger partial charge in [-0.2, -0.15) is 0 Å². The van der Waals surface area contributed by atoms with E-state index in [2.05, 4.69) is 4.74 Å². The quantitative estimate of drug-likeness (QED) is 0.724. The fraction of sp³-hybridized carbons (Fsp3) is 0.300. The van der Waals surface area contributed by atoms with Gasteiger partial charge in [0.15, 0.2) is 6.61 Å². The van der Waals surface area contributed by atoms with Crippen LogP contribution in [0.15, 0.2) is 18.2 Å². The zero-order chi connectivity index (χ0) is 10.6. The normalized spacial score (nSPS) is 9.64. The summed E-state index contributed by atoms with van der Waals surface area (Å²) < 4.78 is 9.66. The largest absolute Gasteiger partial charge is 0.482 e. The van der Waals surface area contributed by atoms with Crippen LogP contribution in [0, 0.1) is 6.92 Å². The van der Waals surface area contributed by atoms with Crippen molar-refractivity contribution in [1.29, 1.82) is 0 Å². The molecule has 0 bridgehead atoms. The van der Waals surface area contributed by atoms with Crippen LogP contribution in [-0.4, -0.2) is 19.7 Å². The van der Waals surface area contributed by atoms with E-state index in [1.807, 2.05) is 13.0 Å². The molecule has 0 amide bonds. The summed E-state index contributed by atoms with van der Waals surface area (Å²) in [5.74, 6) is 0.187. The highest BCUT2D eigenvalue weighted by Crippen LogP contribution is 2.22. The molecule has 1 aromatic rings. The first kappa shape index (κ1) is 10.9. The highest BCUT2D eigenvalue weighted by atomic mass is 35.5. The zero-order valence-electron chi connectivity index (χ0n) is 8.04. The summed E-state index contributed by atoms with van der Waals surface area (Å²) in [4.78, 5) is 10.8. The number of ether oxygens (including phenoxy) is 2. The van der Waals surface area contributed by atoms with Gasteiger partial charge < -0.3 is 9.47 Å². The first-order chi connectivity index (χ1) is 6.63. The molecule has 0 saturated heterocycles. The minimum atomic E-state index is -0.413. The minimum Gasteiger partial charge on any atom is -0.482 e. The standard InChI is InChI=1S/C10H11ClO3/c1-7-3-4-8(11)5-9(7)14-6-10(12)13-2/h3-5H,6H2,1-2H3. The minimum absolute atomic E-state index is 0.0995. The zero-order valence-corrected chi connectivity index (χ0v) is 8.80. The summed E-state index contributed by atoms with van der Waals surface area (Å²) in [5, 5.41) is 0.579. The molecule has 14 heavy (non-hydrogen) atoms. The van der Waals surface area contributed by atoms with Crippen molar-refractivity contribution in [3.05, 3.63) is 28.8 Å². The molecule has 76 valence electrons. The number of hydrogen-bond donors (Lipinski definition) is 0. The van der Waals surface area contributed by atoms with Crippen LogP contribution >= 0.6 is 11.6 Å².